The maximum Gasteiger partial charge on any atom is 0.237 e. The second-order valence-electron chi connectivity index (χ2n) is 12.8. The number of carbonyl (C=O) groups is 2. The fraction of sp³-hybridized carbons (Fsp3) is 0.552. The SMILES string of the molecule is CC(=O)NCC(O)CN1C(=O)C(C)(C)c2cc3[nH]c4c(c3cc21)CCCc1cn(COCC[Si](C)(C)C)nc1-4. The Labute approximate surface area is 230 Å². The highest BCUT2D eigenvalue weighted by Gasteiger charge is 2.45. The molecule has 0 saturated carbocycles. The summed E-state index contributed by atoms with van der Waals surface area (Å²) in [4.78, 5) is 30.1. The number of rotatable bonds is 9. The van der Waals surface area contributed by atoms with E-state index in [1.165, 1.54) is 18.1 Å². The third-order valence-corrected chi connectivity index (χ3v) is 9.62. The van der Waals surface area contributed by atoms with E-state index in [4.69, 9.17) is 9.84 Å². The zero-order valence-electron chi connectivity index (χ0n) is 24.0. The zero-order chi connectivity index (χ0) is 28.1. The van der Waals surface area contributed by atoms with E-state index in [1.807, 2.05) is 18.5 Å². The van der Waals surface area contributed by atoms with Gasteiger partial charge in [0.1, 0.15) is 12.4 Å². The summed E-state index contributed by atoms with van der Waals surface area (Å²) in [6.45, 7) is 13.8. The minimum Gasteiger partial charge on any atom is -0.389 e. The Balaban J connectivity index is 1.46. The molecule has 0 bridgehead atoms. The van der Waals surface area contributed by atoms with Gasteiger partial charge in [0.05, 0.1) is 23.8 Å². The highest BCUT2D eigenvalue weighted by atomic mass is 28.3. The quantitative estimate of drug-likeness (QED) is 0.275. The fourth-order valence-electron chi connectivity index (χ4n) is 5.67. The van der Waals surface area contributed by atoms with Crippen LogP contribution < -0.4 is 10.2 Å². The highest BCUT2D eigenvalue weighted by molar-refractivity contribution is 6.76. The number of carbonyl (C=O) groups excluding carboxylic acids is 2. The number of hydrogen-bond acceptors (Lipinski definition) is 5. The molecule has 2 amide bonds. The van der Waals surface area contributed by atoms with Crippen molar-refractivity contribution in [2.24, 2.45) is 0 Å². The predicted octanol–water partition coefficient (Wildman–Crippen LogP) is 3.95. The molecule has 210 valence electrons. The maximum absolute atomic E-state index is 13.4. The summed E-state index contributed by atoms with van der Waals surface area (Å²) in [5.41, 5.74) is 6.49. The van der Waals surface area contributed by atoms with Gasteiger partial charge in [-0.05, 0) is 68.0 Å². The topological polar surface area (TPSA) is 112 Å². The molecule has 2 aliphatic rings. The lowest BCUT2D eigenvalue weighted by Crippen LogP contribution is -2.44. The molecule has 3 heterocycles. The molecule has 0 fully saturated rings. The lowest BCUT2D eigenvalue weighted by atomic mass is 9.85. The Morgan fingerprint density at radius 1 is 1.28 bits per heavy atom. The largest absolute Gasteiger partial charge is 0.389 e. The van der Waals surface area contributed by atoms with Crippen LogP contribution in [0, 0.1) is 0 Å². The van der Waals surface area contributed by atoms with Crippen molar-refractivity contribution >= 4 is 36.5 Å². The number of nitrogens with one attached hydrogen (secondary N) is 2. The van der Waals surface area contributed by atoms with Crippen LogP contribution in [-0.4, -0.2) is 65.6 Å². The van der Waals surface area contributed by atoms with Crippen molar-refractivity contribution in [2.75, 3.05) is 24.6 Å². The Morgan fingerprint density at radius 2 is 2.05 bits per heavy atom. The standard InChI is InChI=1S/C29H41N5O4Si/c1-18(35)30-14-20(36)16-34-25-12-22-21-9-7-8-19-15-33(17-38-10-11-39(4,5)6)32-26(19)27(21)31-24(22)13-23(25)29(2,3)28(34)37/h12-13,15,20,31,36H,7-11,14,16-17H2,1-6H3,(H,30,35). The summed E-state index contributed by atoms with van der Waals surface area (Å²) < 4.78 is 7.87. The van der Waals surface area contributed by atoms with E-state index in [0.29, 0.717) is 6.73 Å². The molecule has 3 aromatic rings. The molecule has 10 heteroatoms. The second-order valence-corrected chi connectivity index (χ2v) is 18.4. The van der Waals surface area contributed by atoms with Crippen LogP contribution in [-0.2, 0) is 39.3 Å². The summed E-state index contributed by atoms with van der Waals surface area (Å²) >= 11 is 0. The lowest BCUT2D eigenvalue weighted by Gasteiger charge is -2.23. The molecular weight excluding hydrogens is 510 g/mol. The lowest BCUT2D eigenvalue weighted by molar-refractivity contribution is -0.122. The number of H-pyrrole nitrogens is 1. The van der Waals surface area contributed by atoms with Crippen LogP contribution >= 0.6 is 0 Å². The van der Waals surface area contributed by atoms with Gasteiger partial charge in [0, 0.05) is 50.9 Å². The number of aromatic nitrogens is 3. The molecule has 1 aliphatic carbocycles. The van der Waals surface area contributed by atoms with Crippen molar-refractivity contribution in [3.63, 3.8) is 0 Å². The molecule has 5 rings (SSSR count). The molecule has 0 spiro atoms. The van der Waals surface area contributed by atoms with E-state index in [1.54, 1.807) is 4.90 Å². The third kappa shape index (κ3) is 5.42. The van der Waals surface area contributed by atoms with Crippen LogP contribution in [0.25, 0.3) is 22.3 Å². The molecule has 3 N–H and O–H groups in total. The fourth-order valence-corrected chi connectivity index (χ4v) is 6.42. The molecule has 1 unspecified atom stereocenters. The van der Waals surface area contributed by atoms with Gasteiger partial charge < -0.3 is 25.0 Å². The number of aromatic amines is 1. The first-order chi connectivity index (χ1) is 18.3. The number of fused-ring (bicyclic) bond motifs is 6. The first kappa shape index (κ1) is 27.6. The molecule has 1 aromatic carbocycles. The summed E-state index contributed by atoms with van der Waals surface area (Å²) in [5, 5.41) is 19.2. The van der Waals surface area contributed by atoms with E-state index in [0.717, 1.165) is 65.5 Å². The second kappa shape index (κ2) is 10.2. The monoisotopic (exact) mass is 551 g/mol. The summed E-state index contributed by atoms with van der Waals surface area (Å²) in [7, 11) is -1.14. The average molecular weight is 552 g/mol. The van der Waals surface area contributed by atoms with Gasteiger partial charge in [-0.1, -0.05) is 19.6 Å². The van der Waals surface area contributed by atoms with Gasteiger partial charge in [-0.3, -0.25) is 9.59 Å². The minimum atomic E-state index is -1.14. The Hall–Kier alpha value is -2.95. The number of aliphatic hydroxyl groups is 1. The number of hydrogen-bond donors (Lipinski definition) is 3. The van der Waals surface area contributed by atoms with Crippen molar-refractivity contribution in [2.45, 2.75) is 84.0 Å². The molecule has 9 nitrogen and oxygen atoms in total. The van der Waals surface area contributed by atoms with Gasteiger partial charge >= 0.3 is 0 Å². The average Bonchev–Trinajstić information content (AvgIpc) is 3.43. The van der Waals surface area contributed by atoms with Gasteiger partial charge in [0.25, 0.3) is 0 Å². The Bertz CT molecular complexity index is 1420. The van der Waals surface area contributed by atoms with Crippen molar-refractivity contribution in [1.29, 1.82) is 0 Å². The van der Waals surface area contributed by atoms with Crippen molar-refractivity contribution in [1.82, 2.24) is 20.1 Å². The van der Waals surface area contributed by atoms with Crippen LogP contribution in [0.1, 0.15) is 43.9 Å². The van der Waals surface area contributed by atoms with Crippen LogP contribution in [0.3, 0.4) is 0 Å². The third-order valence-electron chi connectivity index (χ3n) is 7.91. The molecule has 1 atom stereocenters. The number of aliphatic hydroxyl groups excluding tert-OH is 1. The molecule has 39 heavy (non-hydrogen) atoms. The zero-order valence-corrected chi connectivity index (χ0v) is 25.0. The summed E-state index contributed by atoms with van der Waals surface area (Å²) in [6.07, 6.45) is 4.13. The summed E-state index contributed by atoms with van der Waals surface area (Å²) in [6, 6.07) is 5.32. The van der Waals surface area contributed by atoms with Crippen LogP contribution in [0.5, 0.6) is 0 Å². The number of benzene rings is 1. The van der Waals surface area contributed by atoms with Crippen molar-refractivity contribution in [3.8, 4) is 11.4 Å². The van der Waals surface area contributed by atoms with Gasteiger partial charge in [-0.15, -0.1) is 0 Å². The molecule has 2 aromatic heterocycles. The van der Waals surface area contributed by atoms with Crippen LogP contribution in [0.2, 0.25) is 25.7 Å². The van der Waals surface area contributed by atoms with E-state index >= 15 is 0 Å². The van der Waals surface area contributed by atoms with E-state index in [-0.39, 0.29) is 24.9 Å². The van der Waals surface area contributed by atoms with Crippen LogP contribution in [0.4, 0.5) is 5.69 Å². The van der Waals surface area contributed by atoms with Crippen molar-refractivity contribution < 1.29 is 19.4 Å². The van der Waals surface area contributed by atoms with E-state index < -0.39 is 19.6 Å². The normalized spacial score (nSPS) is 17.1. The van der Waals surface area contributed by atoms with Crippen molar-refractivity contribution in [3.05, 3.63) is 35.0 Å². The van der Waals surface area contributed by atoms with Gasteiger partial charge in [-0.25, -0.2) is 4.68 Å². The molecular formula is C29H41N5O4Si. The van der Waals surface area contributed by atoms with Gasteiger partial charge in [0.15, 0.2) is 0 Å². The number of amides is 2. The number of aryl methyl sites for hydroxylation is 2. The Kier molecular flexibility index (Phi) is 7.24. The Morgan fingerprint density at radius 3 is 2.77 bits per heavy atom. The van der Waals surface area contributed by atoms with E-state index in [9.17, 15) is 14.7 Å². The van der Waals surface area contributed by atoms with Gasteiger partial charge in [0.2, 0.25) is 11.8 Å². The number of anilines is 1. The minimum absolute atomic E-state index is 0.0479. The summed E-state index contributed by atoms with van der Waals surface area (Å²) in [5.74, 6) is -0.257. The highest BCUT2D eigenvalue weighted by Crippen LogP contribution is 2.46. The molecule has 0 saturated heterocycles. The number of nitrogens with zero attached hydrogens (tertiary/aromatic N) is 3. The molecule has 1 aliphatic heterocycles. The molecule has 0 radical (unpaired) electrons. The first-order valence-electron chi connectivity index (χ1n) is 13.9. The predicted molar refractivity (Wildman–Crippen MR) is 156 cm³/mol. The van der Waals surface area contributed by atoms with Gasteiger partial charge in [-0.2, -0.15) is 5.10 Å². The number of ether oxygens (including phenoxy) is 1. The van der Waals surface area contributed by atoms with Crippen LogP contribution in [0.15, 0.2) is 18.3 Å². The van der Waals surface area contributed by atoms with E-state index in [2.05, 4.69) is 48.3 Å². The number of β-amino-alcohol motifs (C(OH)–C–C–N with tert-alkyl or cyclic N) is 1. The maximum atomic E-state index is 13.4. The first-order valence-corrected chi connectivity index (χ1v) is 17.6. The smallest absolute Gasteiger partial charge is 0.237 e.